The Morgan fingerprint density at radius 2 is 1.62 bits per heavy atom. The molecule has 1 heterocycles. The van der Waals surface area contributed by atoms with Gasteiger partial charge in [-0.3, -0.25) is 28.8 Å². The van der Waals surface area contributed by atoms with E-state index in [9.17, 15) is 28.8 Å². The van der Waals surface area contributed by atoms with Crippen molar-refractivity contribution < 1.29 is 28.8 Å². The van der Waals surface area contributed by atoms with Crippen molar-refractivity contribution in [3.63, 3.8) is 0 Å². The fraction of sp³-hybridized carbons (Fsp3) is 0.636. The summed E-state index contributed by atoms with van der Waals surface area (Å²) in [4.78, 5) is 77.8. The highest BCUT2D eigenvalue weighted by Gasteiger charge is 2.33. The number of benzene rings is 1. The highest BCUT2D eigenvalue weighted by atomic mass is 16.2. The molecule has 7 N–H and O–H groups in total. The quantitative estimate of drug-likeness (QED) is 0.144. The maximum absolute atomic E-state index is 13.6. The molecule has 0 bridgehead atoms. The van der Waals surface area contributed by atoms with Gasteiger partial charge in [0.2, 0.25) is 23.5 Å². The number of likely N-dealkylation sites (tertiary alicyclic amines) is 1. The highest BCUT2D eigenvalue weighted by Crippen LogP contribution is 2.27. The van der Waals surface area contributed by atoms with Gasteiger partial charge in [-0.05, 0) is 61.3 Å². The minimum Gasteiger partial charge on any atom is -0.369 e. The zero-order valence-electron chi connectivity index (χ0n) is 26.6. The molecule has 1 saturated carbocycles. The molecule has 2 unspecified atom stereocenters. The second-order valence-corrected chi connectivity index (χ2v) is 12.6. The van der Waals surface area contributed by atoms with E-state index in [1.807, 2.05) is 24.8 Å². The van der Waals surface area contributed by atoms with Gasteiger partial charge in [0.15, 0.2) is 0 Å². The number of carbonyl (C=O) groups excluding carboxylic acids is 6. The summed E-state index contributed by atoms with van der Waals surface area (Å²) in [6, 6.07) is 5.20. The van der Waals surface area contributed by atoms with Crippen molar-refractivity contribution in [2.75, 3.05) is 19.6 Å². The number of primary amides is 1. The largest absolute Gasteiger partial charge is 0.369 e. The zero-order valence-corrected chi connectivity index (χ0v) is 26.6. The maximum Gasteiger partial charge on any atom is 0.288 e. The molecule has 1 aliphatic carbocycles. The van der Waals surface area contributed by atoms with Gasteiger partial charge in [0.05, 0.1) is 6.42 Å². The van der Waals surface area contributed by atoms with Gasteiger partial charge >= 0.3 is 0 Å². The molecule has 1 aromatic carbocycles. The first-order chi connectivity index (χ1) is 21.5. The van der Waals surface area contributed by atoms with E-state index in [0.717, 1.165) is 50.5 Å². The van der Waals surface area contributed by atoms with E-state index in [2.05, 4.69) is 16.0 Å². The number of nitrogens with one attached hydrogen (secondary N) is 3. The van der Waals surface area contributed by atoms with Crippen molar-refractivity contribution in [1.82, 2.24) is 20.9 Å². The molecule has 0 aromatic heterocycles. The Kier molecular flexibility index (Phi) is 14.0. The summed E-state index contributed by atoms with van der Waals surface area (Å²) in [5.74, 6) is -3.62. The lowest BCUT2D eigenvalue weighted by Crippen LogP contribution is -2.56. The molecule has 0 radical (unpaired) electrons. The molecule has 248 valence electrons. The first-order valence-electron chi connectivity index (χ1n) is 16.3. The molecule has 1 saturated heterocycles. The van der Waals surface area contributed by atoms with Crippen molar-refractivity contribution in [2.45, 2.75) is 96.7 Å². The Balaban J connectivity index is 1.66. The van der Waals surface area contributed by atoms with Gasteiger partial charge < -0.3 is 32.3 Å². The van der Waals surface area contributed by atoms with Gasteiger partial charge in [-0.15, -0.1) is 0 Å². The normalized spacial score (nSPS) is 17.9. The molecule has 2 aliphatic rings. The van der Waals surface area contributed by atoms with Crippen LogP contribution in [0.3, 0.4) is 0 Å². The molecular weight excluding hydrogens is 576 g/mol. The van der Waals surface area contributed by atoms with E-state index in [4.69, 9.17) is 11.5 Å². The molecule has 5 amide bonds. The third-order valence-electron chi connectivity index (χ3n) is 9.17. The van der Waals surface area contributed by atoms with Gasteiger partial charge in [-0.2, -0.15) is 0 Å². The van der Waals surface area contributed by atoms with Crippen LogP contribution < -0.4 is 27.4 Å². The third-order valence-corrected chi connectivity index (χ3v) is 9.17. The van der Waals surface area contributed by atoms with Crippen LogP contribution in [0, 0.1) is 17.8 Å². The Morgan fingerprint density at radius 3 is 2.24 bits per heavy atom. The van der Waals surface area contributed by atoms with Crippen molar-refractivity contribution in [2.24, 2.45) is 29.2 Å². The molecule has 12 nitrogen and oxygen atoms in total. The fourth-order valence-electron chi connectivity index (χ4n) is 6.09. The molecule has 1 aromatic rings. The van der Waals surface area contributed by atoms with Crippen LogP contribution in [0.1, 0.15) is 94.0 Å². The predicted molar refractivity (Wildman–Crippen MR) is 169 cm³/mol. The number of hydrogen-bond acceptors (Lipinski definition) is 7. The van der Waals surface area contributed by atoms with E-state index in [1.165, 1.54) is 0 Å². The first-order valence-corrected chi connectivity index (χ1v) is 16.3. The average Bonchev–Trinajstić information content (AvgIpc) is 3.05. The third kappa shape index (κ3) is 10.9. The number of nitrogens with zero attached hydrogens (tertiary/aromatic N) is 1. The summed E-state index contributed by atoms with van der Waals surface area (Å²) >= 11 is 0. The monoisotopic (exact) mass is 626 g/mol. The van der Waals surface area contributed by atoms with Crippen LogP contribution in [-0.2, 0) is 30.5 Å². The van der Waals surface area contributed by atoms with Gasteiger partial charge in [0.1, 0.15) is 12.1 Å². The smallest absolute Gasteiger partial charge is 0.288 e. The second kappa shape index (κ2) is 17.6. The number of hydrogen-bond donors (Lipinski definition) is 5. The number of piperidine rings is 1. The van der Waals surface area contributed by atoms with E-state index >= 15 is 0 Å². The number of Topliss-reactive ketones (excluding diaryl/α,β-unsaturated/α-hetero) is 1. The first kappa shape index (κ1) is 35.7. The van der Waals surface area contributed by atoms with Gasteiger partial charge in [-0.25, -0.2) is 0 Å². The Bertz CT molecular complexity index is 1210. The number of rotatable bonds is 15. The highest BCUT2D eigenvalue weighted by molar-refractivity contribution is 6.39. The van der Waals surface area contributed by atoms with Crippen molar-refractivity contribution >= 4 is 35.3 Å². The van der Waals surface area contributed by atoms with Crippen molar-refractivity contribution in [3.05, 3.63) is 35.4 Å². The van der Waals surface area contributed by atoms with Gasteiger partial charge in [0, 0.05) is 25.2 Å². The maximum atomic E-state index is 13.6. The molecule has 12 heteroatoms. The van der Waals surface area contributed by atoms with E-state index < -0.39 is 47.9 Å². The van der Waals surface area contributed by atoms with Crippen LogP contribution in [0.15, 0.2) is 24.3 Å². The van der Waals surface area contributed by atoms with Gasteiger partial charge in [0.25, 0.3) is 11.8 Å². The second-order valence-electron chi connectivity index (χ2n) is 12.6. The van der Waals surface area contributed by atoms with E-state index in [1.54, 1.807) is 18.2 Å². The van der Waals surface area contributed by atoms with Crippen LogP contribution in [0.25, 0.3) is 0 Å². The molecule has 3 rings (SSSR count). The van der Waals surface area contributed by atoms with Crippen LogP contribution in [0.5, 0.6) is 0 Å². The van der Waals surface area contributed by atoms with Crippen LogP contribution in [-0.4, -0.2) is 71.9 Å². The average molecular weight is 627 g/mol. The minimum atomic E-state index is -1.05. The SMILES string of the molecule is CCC(C)C(NC(=O)[C@H](CC1CCCCC1)NC(=O)C(=O)CC(N)=O)C(=O)NCc1cccc(C(=O)N2CCC(CN)CC2)c1. The topological polar surface area (TPSA) is 194 Å². The van der Waals surface area contributed by atoms with Crippen molar-refractivity contribution in [3.8, 4) is 0 Å². The summed E-state index contributed by atoms with van der Waals surface area (Å²) in [5, 5.41) is 8.21. The minimum absolute atomic E-state index is 0.0521. The predicted octanol–water partition coefficient (Wildman–Crippen LogP) is 1.54. The summed E-state index contributed by atoms with van der Waals surface area (Å²) < 4.78 is 0. The summed E-state index contributed by atoms with van der Waals surface area (Å²) in [6.45, 7) is 5.87. The lowest BCUT2D eigenvalue weighted by atomic mass is 9.84. The molecule has 0 spiro atoms. The Labute approximate surface area is 265 Å². The fourth-order valence-corrected chi connectivity index (χ4v) is 6.09. The van der Waals surface area contributed by atoms with E-state index in [-0.39, 0.29) is 24.3 Å². The summed E-state index contributed by atoms with van der Waals surface area (Å²) in [6.07, 6.45) is 6.89. The standard InChI is InChI=1S/C33H50N6O6/c1-3-21(2)29(38-30(42)26(17-22-8-5-4-6-9-22)37-31(43)27(40)18-28(35)41)32(44)36-20-24-10-7-11-25(16-24)33(45)39-14-12-23(19-34)13-15-39/h7,10-11,16,21-23,26,29H,3-6,8-9,12-15,17-20,34H2,1-2H3,(H2,35,41)(H,36,44)(H,37,43)(H,38,42)/t21?,26-,29?/m0/s1. The molecule has 45 heavy (non-hydrogen) atoms. The Hall–Kier alpha value is -3.80. The summed E-state index contributed by atoms with van der Waals surface area (Å²) in [5.41, 5.74) is 12.1. The number of amides is 5. The van der Waals surface area contributed by atoms with Gasteiger partial charge in [-0.1, -0.05) is 64.5 Å². The lowest BCUT2D eigenvalue weighted by molar-refractivity contribution is -0.141. The number of nitrogens with two attached hydrogens (primary N) is 2. The zero-order chi connectivity index (χ0) is 32.9. The molecule has 3 atom stereocenters. The molecule has 1 aliphatic heterocycles. The number of carbonyl (C=O) groups is 6. The van der Waals surface area contributed by atoms with Crippen molar-refractivity contribution in [1.29, 1.82) is 0 Å². The van der Waals surface area contributed by atoms with E-state index in [0.29, 0.717) is 44.0 Å². The lowest BCUT2D eigenvalue weighted by Gasteiger charge is -2.31. The summed E-state index contributed by atoms with van der Waals surface area (Å²) in [7, 11) is 0. The Morgan fingerprint density at radius 1 is 0.933 bits per heavy atom. The van der Waals surface area contributed by atoms with Crippen LogP contribution in [0.4, 0.5) is 0 Å². The number of ketones is 1. The molecule has 2 fully saturated rings. The van der Waals surface area contributed by atoms with Crippen LogP contribution in [0.2, 0.25) is 0 Å². The molecular formula is C33H50N6O6. The van der Waals surface area contributed by atoms with Crippen LogP contribution >= 0.6 is 0 Å².